The molecule has 1 saturated heterocycles. The molecule has 0 saturated carbocycles. The molecule has 2 heterocycles. The van der Waals surface area contributed by atoms with E-state index >= 15 is 0 Å². The van der Waals surface area contributed by atoms with Gasteiger partial charge in [0, 0.05) is 57.4 Å². The Morgan fingerprint density at radius 1 is 1.29 bits per heavy atom. The van der Waals surface area contributed by atoms with E-state index in [0.29, 0.717) is 5.92 Å². The van der Waals surface area contributed by atoms with Crippen LogP contribution in [-0.2, 0) is 22.3 Å². The van der Waals surface area contributed by atoms with Crippen LogP contribution in [0.5, 0.6) is 0 Å². The Kier molecular flexibility index (Phi) is 14.1. The summed E-state index contributed by atoms with van der Waals surface area (Å²) in [6.07, 6.45) is 5.15. The van der Waals surface area contributed by atoms with Gasteiger partial charge in [-0.15, -0.1) is 35.3 Å². The number of thiazole rings is 1. The minimum Gasteiger partial charge on any atom is -0.381 e. The molecule has 0 unspecified atom stereocenters. The summed E-state index contributed by atoms with van der Waals surface area (Å²) in [6, 6.07) is 0. The number of rotatable bonds is 11. The average molecular weight is 525 g/mol. The highest BCUT2D eigenvalue weighted by Crippen LogP contribution is 2.18. The van der Waals surface area contributed by atoms with Crippen LogP contribution in [0.25, 0.3) is 0 Å². The van der Waals surface area contributed by atoms with Crippen molar-refractivity contribution in [3.8, 4) is 0 Å². The predicted molar refractivity (Wildman–Crippen MR) is 128 cm³/mol. The molecule has 2 N–H and O–H groups in total. The zero-order valence-electron chi connectivity index (χ0n) is 17.6. The van der Waals surface area contributed by atoms with Gasteiger partial charge in [0.2, 0.25) is 0 Å². The number of aromatic nitrogens is 1. The fraction of sp³-hybridized carbons (Fsp3) is 0.800. The van der Waals surface area contributed by atoms with E-state index in [4.69, 9.17) is 14.5 Å². The first-order valence-corrected chi connectivity index (χ1v) is 11.2. The first-order valence-electron chi connectivity index (χ1n) is 10.4. The molecule has 2 rings (SSSR count). The lowest BCUT2D eigenvalue weighted by atomic mass is 10.0. The molecule has 6 nitrogen and oxygen atoms in total. The monoisotopic (exact) mass is 524 g/mol. The number of hydrogen-bond donors (Lipinski definition) is 2. The number of hydrogen-bond acceptors (Lipinski definition) is 5. The van der Waals surface area contributed by atoms with Crippen LogP contribution in [0.1, 0.15) is 48.7 Å². The highest BCUT2D eigenvalue weighted by Gasteiger charge is 2.13. The Bertz CT molecular complexity index is 562. The molecule has 8 heteroatoms. The summed E-state index contributed by atoms with van der Waals surface area (Å²) in [4.78, 5) is 10.7. The van der Waals surface area contributed by atoms with Crippen molar-refractivity contribution in [3.63, 3.8) is 0 Å². The van der Waals surface area contributed by atoms with Gasteiger partial charge in [-0.2, -0.15) is 0 Å². The van der Waals surface area contributed by atoms with Gasteiger partial charge in [-0.3, -0.25) is 4.99 Å². The number of halogens is 1. The molecule has 1 aliphatic heterocycles. The first-order chi connectivity index (χ1) is 13.2. The quantitative estimate of drug-likeness (QED) is 0.201. The fourth-order valence-corrected chi connectivity index (χ4v) is 4.09. The number of aryl methyl sites for hydroxylation is 2. The third-order valence-electron chi connectivity index (χ3n) is 4.66. The third-order valence-corrected chi connectivity index (χ3v) is 5.73. The number of nitrogens with zero attached hydrogens (tertiary/aromatic N) is 2. The van der Waals surface area contributed by atoms with Gasteiger partial charge in [-0.25, -0.2) is 4.98 Å². The van der Waals surface area contributed by atoms with Crippen LogP contribution in [0, 0.1) is 12.8 Å². The summed E-state index contributed by atoms with van der Waals surface area (Å²) in [5.74, 6) is 1.55. The standard InChI is InChI=1S/C20H36N4O2S.HI/c1-4-18-16(3)27-19(24-18)7-11-23-20(21-5-2)22-10-6-12-26-15-17-8-13-25-14-9-17;/h17H,4-15H2,1-3H3,(H2,21,22,23);1H. The van der Waals surface area contributed by atoms with Crippen LogP contribution in [-0.4, -0.2) is 57.0 Å². The third kappa shape index (κ3) is 9.84. The molecule has 1 aromatic heterocycles. The van der Waals surface area contributed by atoms with Crippen LogP contribution < -0.4 is 10.6 Å². The molecule has 1 aliphatic rings. The van der Waals surface area contributed by atoms with Crippen molar-refractivity contribution in [1.82, 2.24) is 15.6 Å². The molecule has 0 amide bonds. The number of nitrogens with one attached hydrogen (secondary N) is 2. The van der Waals surface area contributed by atoms with Crippen LogP contribution in [0.15, 0.2) is 4.99 Å². The van der Waals surface area contributed by atoms with E-state index in [-0.39, 0.29) is 24.0 Å². The zero-order chi connectivity index (χ0) is 19.3. The Morgan fingerprint density at radius 2 is 2.07 bits per heavy atom. The van der Waals surface area contributed by atoms with E-state index in [1.165, 1.54) is 15.6 Å². The Morgan fingerprint density at radius 3 is 2.75 bits per heavy atom. The Hall–Kier alpha value is -0.450. The van der Waals surface area contributed by atoms with Gasteiger partial charge in [0.25, 0.3) is 0 Å². The Balaban J connectivity index is 0.00000392. The molecule has 0 spiro atoms. The Labute approximate surface area is 191 Å². The van der Waals surface area contributed by atoms with Crippen LogP contribution in [0.3, 0.4) is 0 Å². The van der Waals surface area contributed by atoms with Crippen molar-refractivity contribution in [3.05, 3.63) is 15.6 Å². The van der Waals surface area contributed by atoms with E-state index in [1.54, 1.807) is 11.3 Å². The second kappa shape index (κ2) is 15.4. The highest BCUT2D eigenvalue weighted by molar-refractivity contribution is 14.0. The second-order valence-corrected chi connectivity index (χ2v) is 8.17. The zero-order valence-corrected chi connectivity index (χ0v) is 20.7. The normalized spacial score (nSPS) is 15.3. The van der Waals surface area contributed by atoms with Crippen LogP contribution in [0.4, 0.5) is 0 Å². The van der Waals surface area contributed by atoms with Gasteiger partial charge in [0.15, 0.2) is 5.96 Å². The molecule has 1 aromatic rings. The maximum absolute atomic E-state index is 5.81. The first kappa shape index (κ1) is 25.6. The summed E-state index contributed by atoms with van der Waals surface area (Å²) in [5.41, 5.74) is 1.23. The van der Waals surface area contributed by atoms with Gasteiger partial charge in [0.05, 0.1) is 10.7 Å². The molecule has 162 valence electrons. The van der Waals surface area contributed by atoms with Gasteiger partial charge >= 0.3 is 0 Å². The molecule has 0 radical (unpaired) electrons. The summed E-state index contributed by atoms with van der Waals surface area (Å²) < 4.78 is 11.2. The topological polar surface area (TPSA) is 67.8 Å². The van der Waals surface area contributed by atoms with E-state index in [9.17, 15) is 0 Å². The van der Waals surface area contributed by atoms with Crippen LogP contribution >= 0.6 is 35.3 Å². The molecule has 1 fully saturated rings. The molecule has 0 atom stereocenters. The highest BCUT2D eigenvalue weighted by atomic mass is 127. The minimum atomic E-state index is 0. The molecule has 0 aromatic carbocycles. The summed E-state index contributed by atoms with van der Waals surface area (Å²) in [6.45, 7) is 12.3. The van der Waals surface area contributed by atoms with Gasteiger partial charge in [0.1, 0.15) is 0 Å². The molecule has 0 bridgehead atoms. The minimum absolute atomic E-state index is 0. The maximum Gasteiger partial charge on any atom is 0.191 e. The van der Waals surface area contributed by atoms with Crippen molar-refractivity contribution in [1.29, 1.82) is 0 Å². The van der Waals surface area contributed by atoms with Gasteiger partial charge in [-0.05, 0) is 45.4 Å². The number of aliphatic imine (C=N–C) groups is 1. The summed E-state index contributed by atoms with van der Waals surface area (Å²) in [7, 11) is 0. The van der Waals surface area contributed by atoms with Crippen LogP contribution in [0.2, 0.25) is 0 Å². The lowest BCUT2D eigenvalue weighted by Crippen LogP contribution is -2.38. The maximum atomic E-state index is 5.81. The lowest BCUT2D eigenvalue weighted by molar-refractivity contribution is 0.0205. The van der Waals surface area contributed by atoms with Crippen molar-refractivity contribution in [2.75, 3.05) is 46.1 Å². The number of ether oxygens (including phenoxy) is 2. The van der Waals surface area contributed by atoms with E-state index < -0.39 is 0 Å². The smallest absolute Gasteiger partial charge is 0.191 e. The molecular formula is C20H37IN4O2S. The van der Waals surface area contributed by atoms with Crippen molar-refractivity contribution in [2.45, 2.75) is 52.9 Å². The van der Waals surface area contributed by atoms with Gasteiger partial charge < -0.3 is 20.1 Å². The van der Waals surface area contributed by atoms with Gasteiger partial charge in [-0.1, -0.05) is 6.92 Å². The SMILES string of the molecule is CCNC(=NCCCOCC1CCOCC1)NCCc1nc(CC)c(C)s1.I. The van der Waals surface area contributed by atoms with Crippen molar-refractivity contribution in [2.24, 2.45) is 10.9 Å². The fourth-order valence-electron chi connectivity index (χ4n) is 3.07. The molecule has 0 aliphatic carbocycles. The van der Waals surface area contributed by atoms with Crippen molar-refractivity contribution < 1.29 is 9.47 Å². The largest absolute Gasteiger partial charge is 0.381 e. The molecular weight excluding hydrogens is 487 g/mol. The van der Waals surface area contributed by atoms with E-state index in [0.717, 1.165) is 84.1 Å². The predicted octanol–water partition coefficient (Wildman–Crippen LogP) is 3.56. The van der Waals surface area contributed by atoms with E-state index in [1.807, 2.05) is 0 Å². The number of guanidine groups is 1. The summed E-state index contributed by atoms with van der Waals surface area (Å²) in [5, 5.41) is 7.92. The average Bonchev–Trinajstić information content (AvgIpc) is 3.05. The molecule has 28 heavy (non-hydrogen) atoms. The lowest BCUT2D eigenvalue weighted by Gasteiger charge is -2.21. The van der Waals surface area contributed by atoms with E-state index in [2.05, 4.69) is 36.4 Å². The second-order valence-electron chi connectivity index (χ2n) is 6.89. The summed E-state index contributed by atoms with van der Waals surface area (Å²) >= 11 is 1.81. The van der Waals surface area contributed by atoms with Crippen molar-refractivity contribution >= 4 is 41.3 Å².